The smallest absolute Gasteiger partial charge is 0.302 e. The van der Waals surface area contributed by atoms with Crippen LogP contribution in [0.5, 0.6) is 0 Å². The van der Waals surface area contributed by atoms with E-state index in [1.165, 1.54) is 6.92 Å². The molecule has 1 aliphatic rings. The quantitative estimate of drug-likeness (QED) is 0.513. The van der Waals surface area contributed by atoms with Crippen LogP contribution < -0.4 is 0 Å². The Morgan fingerprint density at radius 3 is 2.75 bits per heavy atom. The third kappa shape index (κ3) is 2.30. The molecular formula is C8H13ClO2S. The van der Waals surface area contributed by atoms with Crippen LogP contribution in [0.1, 0.15) is 19.8 Å². The van der Waals surface area contributed by atoms with Crippen molar-refractivity contribution >= 4 is 29.3 Å². The molecule has 70 valence electrons. The summed E-state index contributed by atoms with van der Waals surface area (Å²) in [6.45, 7) is 1.44. The summed E-state index contributed by atoms with van der Waals surface area (Å²) in [6, 6.07) is 0. The molecule has 0 unspecified atom stereocenters. The Hall–Kier alpha value is 0.110. The van der Waals surface area contributed by atoms with Crippen LogP contribution in [-0.2, 0) is 9.53 Å². The minimum absolute atomic E-state index is 0.0278. The Labute approximate surface area is 82.0 Å². The first-order valence-electron chi connectivity index (χ1n) is 3.99. The lowest BCUT2D eigenvalue weighted by molar-refractivity contribution is -0.145. The highest BCUT2D eigenvalue weighted by molar-refractivity contribution is 7.99. The summed E-state index contributed by atoms with van der Waals surface area (Å²) in [6.07, 6.45) is 3.88. The number of carbonyl (C=O) groups excluding carboxylic acids is 1. The first kappa shape index (κ1) is 10.2. The number of hydrogen-bond donors (Lipinski definition) is 0. The van der Waals surface area contributed by atoms with E-state index in [0.717, 1.165) is 12.8 Å². The monoisotopic (exact) mass is 208 g/mol. The largest absolute Gasteiger partial charge is 0.461 e. The van der Waals surface area contributed by atoms with Crippen LogP contribution in [0.4, 0.5) is 0 Å². The van der Waals surface area contributed by atoms with Gasteiger partial charge < -0.3 is 4.74 Å². The molecule has 0 heterocycles. The van der Waals surface area contributed by atoms with Gasteiger partial charge in [0.05, 0.1) is 5.25 Å². The third-order valence-electron chi connectivity index (χ3n) is 2.04. The van der Waals surface area contributed by atoms with Crippen LogP contribution in [0, 0.1) is 0 Å². The second-order valence-corrected chi connectivity index (χ2v) is 4.52. The van der Waals surface area contributed by atoms with E-state index < -0.39 is 0 Å². The van der Waals surface area contributed by atoms with Gasteiger partial charge in [0.25, 0.3) is 0 Å². The zero-order chi connectivity index (χ0) is 9.14. The number of rotatable bonds is 2. The number of esters is 1. The topological polar surface area (TPSA) is 26.3 Å². The molecule has 0 aromatic heterocycles. The van der Waals surface area contributed by atoms with Gasteiger partial charge in [-0.05, 0) is 19.1 Å². The fourth-order valence-electron chi connectivity index (χ4n) is 1.52. The van der Waals surface area contributed by atoms with Crippen LogP contribution in [0.2, 0.25) is 0 Å². The summed E-state index contributed by atoms with van der Waals surface area (Å²) in [5, 5.41) is 0.430. The lowest BCUT2D eigenvalue weighted by Gasteiger charge is -2.18. The van der Waals surface area contributed by atoms with Crippen molar-refractivity contribution in [3.05, 3.63) is 0 Å². The average Bonchev–Trinajstić information content (AvgIpc) is 2.30. The van der Waals surface area contributed by atoms with E-state index in [1.807, 2.05) is 6.26 Å². The Morgan fingerprint density at radius 2 is 2.25 bits per heavy atom. The molecular weight excluding hydrogens is 196 g/mol. The molecule has 0 aliphatic heterocycles. The van der Waals surface area contributed by atoms with Crippen LogP contribution in [0.15, 0.2) is 0 Å². The van der Waals surface area contributed by atoms with Crippen molar-refractivity contribution in [1.29, 1.82) is 0 Å². The molecule has 4 heteroatoms. The minimum Gasteiger partial charge on any atom is -0.461 e. The number of ether oxygens (including phenoxy) is 1. The first-order chi connectivity index (χ1) is 5.65. The van der Waals surface area contributed by atoms with Gasteiger partial charge in [-0.2, -0.15) is 11.8 Å². The maximum Gasteiger partial charge on any atom is 0.302 e. The van der Waals surface area contributed by atoms with Gasteiger partial charge in [-0.15, -0.1) is 11.6 Å². The molecule has 0 radical (unpaired) electrons. The van der Waals surface area contributed by atoms with Crippen molar-refractivity contribution in [2.24, 2.45) is 0 Å². The Bertz CT molecular complexity index is 174. The predicted molar refractivity (Wildman–Crippen MR) is 51.7 cm³/mol. The molecule has 12 heavy (non-hydrogen) atoms. The average molecular weight is 209 g/mol. The van der Waals surface area contributed by atoms with Crippen molar-refractivity contribution in [1.82, 2.24) is 0 Å². The summed E-state index contributed by atoms with van der Waals surface area (Å²) in [7, 11) is 0. The van der Waals surface area contributed by atoms with Crippen LogP contribution in [0.25, 0.3) is 0 Å². The van der Waals surface area contributed by atoms with E-state index in [4.69, 9.17) is 16.3 Å². The second kappa shape index (κ2) is 4.38. The van der Waals surface area contributed by atoms with Crippen molar-refractivity contribution in [2.75, 3.05) is 6.26 Å². The molecule has 0 spiro atoms. The number of carbonyl (C=O) groups is 1. The van der Waals surface area contributed by atoms with E-state index in [2.05, 4.69) is 0 Å². The highest BCUT2D eigenvalue weighted by Gasteiger charge is 2.36. The number of alkyl halides is 1. The maximum atomic E-state index is 10.7. The maximum absolute atomic E-state index is 10.7. The van der Waals surface area contributed by atoms with E-state index >= 15 is 0 Å². The van der Waals surface area contributed by atoms with Crippen LogP contribution in [-0.4, -0.2) is 29.0 Å². The third-order valence-corrected chi connectivity index (χ3v) is 3.85. The molecule has 3 atom stereocenters. The van der Waals surface area contributed by atoms with Gasteiger partial charge in [0, 0.05) is 12.3 Å². The van der Waals surface area contributed by atoms with Gasteiger partial charge >= 0.3 is 5.97 Å². The summed E-state index contributed by atoms with van der Waals surface area (Å²) in [5.41, 5.74) is 0. The van der Waals surface area contributed by atoms with Crippen molar-refractivity contribution in [3.63, 3.8) is 0 Å². The van der Waals surface area contributed by atoms with Gasteiger partial charge in [0.2, 0.25) is 0 Å². The fourth-order valence-corrected chi connectivity index (χ4v) is 3.05. The summed E-state index contributed by atoms with van der Waals surface area (Å²) in [5.74, 6) is -0.204. The molecule has 0 bridgehead atoms. The van der Waals surface area contributed by atoms with E-state index in [0.29, 0.717) is 0 Å². The Kier molecular flexibility index (Phi) is 3.72. The number of hydrogen-bond acceptors (Lipinski definition) is 3. The first-order valence-corrected chi connectivity index (χ1v) is 5.71. The highest BCUT2D eigenvalue weighted by Crippen LogP contribution is 2.34. The predicted octanol–water partition coefficient (Wildman–Crippen LogP) is 2.05. The fraction of sp³-hybridized carbons (Fsp3) is 0.875. The molecule has 0 N–H and O–H groups in total. The molecule has 1 aliphatic carbocycles. The van der Waals surface area contributed by atoms with E-state index in [9.17, 15) is 4.79 Å². The molecule has 1 fully saturated rings. The number of halogens is 1. The van der Waals surface area contributed by atoms with Gasteiger partial charge in [-0.1, -0.05) is 0 Å². The zero-order valence-corrected chi connectivity index (χ0v) is 8.82. The van der Waals surface area contributed by atoms with Gasteiger partial charge in [0.1, 0.15) is 6.10 Å². The minimum atomic E-state index is -0.204. The van der Waals surface area contributed by atoms with Crippen LogP contribution in [0.3, 0.4) is 0 Å². The summed E-state index contributed by atoms with van der Waals surface area (Å²) >= 11 is 7.73. The van der Waals surface area contributed by atoms with Crippen molar-refractivity contribution in [2.45, 2.75) is 36.5 Å². The molecule has 2 nitrogen and oxygen atoms in total. The number of thioether (sulfide) groups is 1. The van der Waals surface area contributed by atoms with Gasteiger partial charge in [0.15, 0.2) is 0 Å². The lowest BCUT2D eigenvalue weighted by Crippen LogP contribution is -2.26. The molecule has 0 amide bonds. The summed E-state index contributed by atoms with van der Waals surface area (Å²) in [4.78, 5) is 10.7. The van der Waals surface area contributed by atoms with Crippen molar-refractivity contribution in [3.8, 4) is 0 Å². The molecule has 0 aromatic carbocycles. The van der Waals surface area contributed by atoms with E-state index in [1.54, 1.807) is 11.8 Å². The summed E-state index contributed by atoms with van der Waals surface area (Å²) < 4.78 is 5.14. The zero-order valence-electron chi connectivity index (χ0n) is 7.25. The van der Waals surface area contributed by atoms with Crippen LogP contribution >= 0.6 is 23.4 Å². The second-order valence-electron chi connectivity index (χ2n) is 2.94. The molecule has 1 saturated carbocycles. The molecule has 1 rings (SSSR count). The van der Waals surface area contributed by atoms with Gasteiger partial charge in [-0.25, -0.2) is 0 Å². The Morgan fingerprint density at radius 1 is 1.58 bits per heavy atom. The molecule has 0 aromatic rings. The SMILES string of the molecule is CS[C@@H]1[C@@H](Cl)CC[C@H]1OC(C)=O. The van der Waals surface area contributed by atoms with E-state index in [-0.39, 0.29) is 22.7 Å². The highest BCUT2D eigenvalue weighted by atomic mass is 35.5. The molecule has 0 saturated heterocycles. The lowest BCUT2D eigenvalue weighted by atomic mass is 10.3. The Balaban J connectivity index is 2.48. The van der Waals surface area contributed by atoms with Crippen molar-refractivity contribution < 1.29 is 9.53 Å². The van der Waals surface area contributed by atoms with Gasteiger partial charge in [-0.3, -0.25) is 4.79 Å². The normalized spacial score (nSPS) is 35.1. The standard InChI is InChI=1S/C8H13ClO2S/c1-5(10)11-7-4-3-6(9)8(7)12-2/h6-8H,3-4H2,1-2H3/t6-,7+,8+/m0/s1.